The Morgan fingerprint density at radius 2 is 2.29 bits per heavy atom. The summed E-state index contributed by atoms with van der Waals surface area (Å²) in [6, 6.07) is 0. The molecule has 0 aromatic carbocycles. The molecule has 1 aliphatic rings. The number of amides is 1. The zero-order chi connectivity index (χ0) is 10.8. The van der Waals surface area contributed by atoms with E-state index >= 15 is 0 Å². The maximum Gasteiger partial charge on any atom is 0.236 e. The zero-order valence-corrected chi connectivity index (χ0v) is 10.6. The van der Waals surface area contributed by atoms with Gasteiger partial charge in [-0.2, -0.15) is 0 Å². The minimum Gasteiger partial charge on any atom is -0.377 e. The molecule has 0 N–H and O–H groups in total. The van der Waals surface area contributed by atoms with Crippen molar-refractivity contribution < 1.29 is 9.53 Å². The number of rotatable bonds is 2. The largest absolute Gasteiger partial charge is 0.377 e. The molecule has 1 rings (SSSR count). The molecule has 2 atom stereocenters. The molecule has 14 heavy (non-hydrogen) atoms. The fourth-order valence-corrected chi connectivity index (χ4v) is 2.10. The molecule has 82 valence electrons. The van der Waals surface area contributed by atoms with Crippen LogP contribution in [0.3, 0.4) is 0 Å². The molecule has 0 aromatic heterocycles. The van der Waals surface area contributed by atoms with Crippen molar-refractivity contribution in [2.24, 2.45) is 0 Å². The van der Waals surface area contributed by atoms with Gasteiger partial charge in [-0.3, -0.25) is 4.79 Å². The van der Waals surface area contributed by atoms with Crippen molar-refractivity contribution in [3.05, 3.63) is 0 Å². The van der Waals surface area contributed by atoms with Gasteiger partial charge in [-0.15, -0.1) is 0 Å². The van der Waals surface area contributed by atoms with Crippen molar-refractivity contribution >= 4 is 21.8 Å². The molecule has 3 nitrogen and oxygen atoms in total. The second-order valence-electron chi connectivity index (χ2n) is 4.13. The van der Waals surface area contributed by atoms with E-state index in [0.717, 1.165) is 19.4 Å². The summed E-state index contributed by atoms with van der Waals surface area (Å²) in [5.74, 6) is 0.160. The van der Waals surface area contributed by atoms with Gasteiger partial charge in [-0.1, -0.05) is 15.9 Å². The Bertz CT molecular complexity index is 220. The summed E-state index contributed by atoms with van der Waals surface area (Å²) in [6.45, 7) is 5.48. The highest BCUT2D eigenvalue weighted by molar-refractivity contribution is 9.10. The van der Waals surface area contributed by atoms with Crippen molar-refractivity contribution in [3.8, 4) is 0 Å². The first kappa shape index (κ1) is 12.0. The van der Waals surface area contributed by atoms with Crippen LogP contribution in [-0.2, 0) is 9.53 Å². The van der Waals surface area contributed by atoms with Gasteiger partial charge in [-0.25, -0.2) is 0 Å². The summed E-state index contributed by atoms with van der Waals surface area (Å²) in [7, 11) is 1.71. The average molecular weight is 264 g/mol. The average Bonchev–Trinajstić information content (AvgIpc) is 2.16. The zero-order valence-electron chi connectivity index (χ0n) is 9.05. The Morgan fingerprint density at radius 3 is 2.79 bits per heavy atom. The van der Waals surface area contributed by atoms with Gasteiger partial charge in [0.25, 0.3) is 0 Å². The SMILES string of the molecule is COC1(C)CCCN(C(=O)C(C)Br)C1. The number of hydrogen-bond donors (Lipinski definition) is 0. The molecule has 0 aliphatic carbocycles. The maximum atomic E-state index is 11.7. The summed E-state index contributed by atoms with van der Waals surface area (Å²) in [4.78, 5) is 13.5. The first-order valence-corrected chi connectivity index (χ1v) is 5.88. The van der Waals surface area contributed by atoms with Crippen LogP contribution in [-0.4, -0.2) is 41.4 Å². The standard InChI is InChI=1S/C10H18BrNO2/c1-8(11)9(13)12-6-4-5-10(2,7-12)14-3/h8H,4-7H2,1-3H3. The lowest BCUT2D eigenvalue weighted by molar-refractivity contribution is -0.138. The van der Waals surface area contributed by atoms with E-state index in [1.54, 1.807) is 7.11 Å². The quantitative estimate of drug-likeness (QED) is 0.712. The van der Waals surface area contributed by atoms with Gasteiger partial charge >= 0.3 is 0 Å². The number of hydrogen-bond acceptors (Lipinski definition) is 2. The van der Waals surface area contributed by atoms with E-state index < -0.39 is 0 Å². The molecule has 1 amide bonds. The van der Waals surface area contributed by atoms with Crippen molar-refractivity contribution in [3.63, 3.8) is 0 Å². The third-order valence-electron chi connectivity index (χ3n) is 2.80. The number of carbonyl (C=O) groups is 1. The second-order valence-corrected chi connectivity index (χ2v) is 5.51. The van der Waals surface area contributed by atoms with E-state index in [9.17, 15) is 4.79 Å². The number of nitrogens with zero attached hydrogens (tertiary/aromatic N) is 1. The lowest BCUT2D eigenvalue weighted by atomic mass is 9.94. The number of ether oxygens (including phenoxy) is 1. The number of likely N-dealkylation sites (tertiary alicyclic amines) is 1. The molecule has 1 saturated heterocycles. The lowest BCUT2D eigenvalue weighted by Gasteiger charge is -2.39. The van der Waals surface area contributed by atoms with Crippen molar-refractivity contribution in [1.29, 1.82) is 0 Å². The molecule has 0 radical (unpaired) electrons. The van der Waals surface area contributed by atoms with E-state index in [-0.39, 0.29) is 16.3 Å². The van der Waals surface area contributed by atoms with Crippen LogP contribution < -0.4 is 0 Å². The van der Waals surface area contributed by atoms with Gasteiger partial charge in [-0.05, 0) is 26.7 Å². The Balaban J connectivity index is 2.60. The molecular weight excluding hydrogens is 246 g/mol. The maximum absolute atomic E-state index is 11.7. The van der Waals surface area contributed by atoms with Crippen LogP contribution >= 0.6 is 15.9 Å². The first-order chi connectivity index (χ1) is 6.48. The van der Waals surface area contributed by atoms with Crippen LogP contribution in [0.2, 0.25) is 0 Å². The highest BCUT2D eigenvalue weighted by Gasteiger charge is 2.33. The fourth-order valence-electron chi connectivity index (χ4n) is 1.81. The predicted molar refractivity (Wildman–Crippen MR) is 59.6 cm³/mol. The van der Waals surface area contributed by atoms with Crippen LogP contribution in [0.5, 0.6) is 0 Å². The number of halogens is 1. The fraction of sp³-hybridized carbons (Fsp3) is 0.900. The molecule has 1 heterocycles. The Morgan fingerprint density at radius 1 is 1.64 bits per heavy atom. The first-order valence-electron chi connectivity index (χ1n) is 4.96. The Hall–Kier alpha value is -0.0900. The Kier molecular flexibility index (Phi) is 3.95. The highest BCUT2D eigenvalue weighted by Crippen LogP contribution is 2.24. The summed E-state index contributed by atoms with van der Waals surface area (Å²) in [5, 5.41) is 0. The third-order valence-corrected chi connectivity index (χ3v) is 3.20. The molecule has 4 heteroatoms. The van der Waals surface area contributed by atoms with Gasteiger partial charge < -0.3 is 9.64 Å². The summed E-state index contributed by atoms with van der Waals surface area (Å²) < 4.78 is 5.43. The van der Waals surface area contributed by atoms with Crippen LogP contribution in [0.15, 0.2) is 0 Å². The van der Waals surface area contributed by atoms with Crippen molar-refractivity contribution in [1.82, 2.24) is 4.90 Å². The van der Waals surface area contributed by atoms with Crippen LogP contribution in [0.4, 0.5) is 0 Å². The number of alkyl halides is 1. The minimum atomic E-state index is -0.157. The summed E-state index contributed by atoms with van der Waals surface area (Å²) in [5.41, 5.74) is -0.157. The van der Waals surface area contributed by atoms with E-state index in [0.29, 0.717) is 6.54 Å². The van der Waals surface area contributed by atoms with Crippen LogP contribution in [0.25, 0.3) is 0 Å². The normalized spacial score (nSPS) is 30.1. The number of piperidine rings is 1. The number of methoxy groups -OCH3 is 1. The monoisotopic (exact) mass is 263 g/mol. The molecule has 1 fully saturated rings. The topological polar surface area (TPSA) is 29.5 Å². The predicted octanol–water partition coefficient (Wildman–Crippen LogP) is 1.80. The number of carbonyl (C=O) groups excluding carboxylic acids is 1. The molecule has 1 aliphatic heterocycles. The minimum absolute atomic E-state index is 0.0956. The van der Waals surface area contributed by atoms with Gasteiger partial charge in [0, 0.05) is 20.2 Å². The lowest BCUT2D eigenvalue weighted by Crippen LogP contribution is -2.51. The molecule has 0 aromatic rings. The Labute approximate surface area is 93.9 Å². The smallest absolute Gasteiger partial charge is 0.236 e. The molecule has 0 saturated carbocycles. The molecule has 0 bridgehead atoms. The summed E-state index contributed by atoms with van der Waals surface area (Å²) >= 11 is 3.30. The third kappa shape index (κ3) is 2.70. The van der Waals surface area contributed by atoms with E-state index in [1.807, 2.05) is 11.8 Å². The van der Waals surface area contributed by atoms with Crippen molar-refractivity contribution in [2.45, 2.75) is 37.1 Å². The molecule has 2 unspecified atom stereocenters. The molecular formula is C10H18BrNO2. The van der Waals surface area contributed by atoms with Gasteiger partial charge in [0.05, 0.1) is 10.4 Å². The second kappa shape index (κ2) is 4.62. The van der Waals surface area contributed by atoms with Crippen molar-refractivity contribution in [2.75, 3.05) is 20.2 Å². The molecule has 0 spiro atoms. The van der Waals surface area contributed by atoms with E-state index in [2.05, 4.69) is 22.9 Å². The van der Waals surface area contributed by atoms with Gasteiger partial charge in [0.1, 0.15) is 0 Å². The highest BCUT2D eigenvalue weighted by atomic mass is 79.9. The van der Waals surface area contributed by atoms with Gasteiger partial charge in [0.2, 0.25) is 5.91 Å². The van der Waals surface area contributed by atoms with E-state index in [1.165, 1.54) is 0 Å². The summed E-state index contributed by atoms with van der Waals surface area (Å²) in [6.07, 6.45) is 2.06. The van der Waals surface area contributed by atoms with Gasteiger partial charge in [0.15, 0.2) is 0 Å². The van der Waals surface area contributed by atoms with E-state index in [4.69, 9.17) is 4.74 Å². The van der Waals surface area contributed by atoms with Crippen LogP contribution in [0.1, 0.15) is 26.7 Å². The van der Waals surface area contributed by atoms with Crippen LogP contribution in [0, 0.1) is 0 Å².